The van der Waals surface area contributed by atoms with Crippen molar-refractivity contribution in [2.24, 2.45) is 0 Å². The van der Waals surface area contributed by atoms with E-state index in [9.17, 15) is 0 Å². The van der Waals surface area contributed by atoms with Gasteiger partial charge in [0.05, 0.1) is 0 Å². The van der Waals surface area contributed by atoms with E-state index in [1.165, 1.54) is 0 Å². The van der Waals surface area contributed by atoms with Gasteiger partial charge < -0.3 is 14.9 Å². The molecule has 0 aliphatic carbocycles. The molecule has 0 aliphatic heterocycles. The van der Waals surface area contributed by atoms with E-state index in [2.05, 4.69) is 0 Å². The van der Waals surface area contributed by atoms with E-state index in [-0.39, 0.29) is 35.0 Å². The first-order valence-electron chi connectivity index (χ1n) is 1.00. The molecule has 0 saturated carbocycles. The Morgan fingerprint density at radius 1 is 0.800 bits per heavy atom. The minimum absolute atomic E-state index is 0. The van der Waals surface area contributed by atoms with Crippen molar-refractivity contribution in [3.05, 3.63) is 14.9 Å². The molecule has 39 valence electrons. The van der Waals surface area contributed by atoms with E-state index in [0.29, 0.717) is 0 Å². The van der Waals surface area contributed by atoms with Crippen molar-refractivity contribution in [2.45, 2.75) is 13.8 Å². The van der Waals surface area contributed by atoms with Crippen LogP contribution in [0.25, 0.3) is 0 Å². The standard InChI is InChI=1S/C2H6.2CH3.Ir/c1-2;;;/h1-2H3;2*1H3;/q;2*-1;. The van der Waals surface area contributed by atoms with E-state index in [1.807, 2.05) is 13.8 Å². The van der Waals surface area contributed by atoms with Gasteiger partial charge in [0, 0.05) is 20.1 Å². The van der Waals surface area contributed by atoms with Gasteiger partial charge >= 0.3 is 0 Å². The van der Waals surface area contributed by atoms with Gasteiger partial charge in [-0.3, -0.25) is 0 Å². The van der Waals surface area contributed by atoms with Gasteiger partial charge in [-0.25, -0.2) is 0 Å². The number of hydrogen-bond acceptors (Lipinski definition) is 0. The van der Waals surface area contributed by atoms with Crippen LogP contribution < -0.4 is 0 Å². The van der Waals surface area contributed by atoms with E-state index in [4.69, 9.17) is 0 Å². The van der Waals surface area contributed by atoms with Crippen LogP contribution in [-0.4, -0.2) is 0 Å². The number of rotatable bonds is 0. The Morgan fingerprint density at radius 3 is 0.800 bits per heavy atom. The van der Waals surface area contributed by atoms with Crippen LogP contribution in [0.5, 0.6) is 0 Å². The van der Waals surface area contributed by atoms with Gasteiger partial charge in [0.25, 0.3) is 0 Å². The summed E-state index contributed by atoms with van der Waals surface area (Å²) in [4.78, 5) is 0. The van der Waals surface area contributed by atoms with Crippen molar-refractivity contribution in [3.8, 4) is 0 Å². The molecular weight excluding hydrogens is 240 g/mol. The van der Waals surface area contributed by atoms with E-state index in [1.54, 1.807) is 0 Å². The third-order valence-corrected chi connectivity index (χ3v) is 0. The zero-order valence-corrected chi connectivity index (χ0v) is 6.73. The molecule has 0 saturated heterocycles. The Labute approximate surface area is 49.3 Å². The summed E-state index contributed by atoms with van der Waals surface area (Å²) in [7, 11) is 0. The zero-order valence-electron chi connectivity index (χ0n) is 4.33. The van der Waals surface area contributed by atoms with Gasteiger partial charge in [0.2, 0.25) is 0 Å². The largest absolute Gasteiger partial charge is 0.358 e. The minimum Gasteiger partial charge on any atom is -0.358 e. The predicted octanol–water partition coefficient (Wildman–Crippen LogP) is 1.92. The third kappa shape index (κ3) is 77.4. The van der Waals surface area contributed by atoms with E-state index < -0.39 is 0 Å². The molecule has 0 nitrogen and oxygen atoms in total. The first-order chi connectivity index (χ1) is 1.00. The van der Waals surface area contributed by atoms with Gasteiger partial charge in [-0.1, -0.05) is 13.8 Å². The molecule has 0 aliphatic rings. The Bertz CT molecular complexity index is 3.61. The second-order valence-corrected chi connectivity index (χ2v) is 0. The summed E-state index contributed by atoms with van der Waals surface area (Å²) in [5.74, 6) is 0. The molecule has 0 atom stereocenters. The van der Waals surface area contributed by atoms with Crippen LogP contribution in [0.3, 0.4) is 0 Å². The molecule has 1 radical (unpaired) electrons. The maximum atomic E-state index is 2.00. The summed E-state index contributed by atoms with van der Waals surface area (Å²) in [6.45, 7) is 4.00. The van der Waals surface area contributed by atoms with Crippen LogP contribution in [0.1, 0.15) is 13.8 Å². The average molecular weight is 252 g/mol. The molecule has 0 heterocycles. The molecule has 1 heteroatoms. The fourth-order valence-corrected chi connectivity index (χ4v) is 0. The molecule has 0 amide bonds. The summed E-state index contributed by atoms with van der Waals surface area (Å²) < 4.78 is 0. The van der Waals surface area contributed by atoms with Crippen LogP contribution >= 0.6 is 0 Å². The van der Waals surface area contributed by atoms with Crippen molar-refractivity contribution in [1.29, 1.82) is 0 Å². The van der Waals surface area contributed by atoms with E-state index in [0.717, 1.165) is 0 Å². The zero-order chi connectivity index (χ0) is 2.00. The quantitative estimate of drug-likeness (QED) is 0.578. The van der Waals surface area contributed by atoms with Crippen molar-refractivity contribution in [3.63, 3.8) is 0 Å². The molecule has 0 unspecified atom stereocenters. The van der Waals surface area contributed by atoms with Gasteiger partial charge in [-0.05, 0) is 0 Å². The number of hydrogen-bond donors (Lipinski definition) is 0. The normalized spacial score (nSPS) is 1.20. The molecule has 5 heavy (non-hydrogen) atoms. The smallest absolute Gasteiger partial charge is 0 e. The van der Waals surface area contributed by atoms with Crippen LogP contribution in [0.15, 0.2) is 0 Å². The Balaban J connectivity index is -0.00000000167. The van der Waals surface area contributed by atoms with Crippen LogP contribution in [0.4, 0.5) is 0 Å². The molecule has 0 aromatic carbocycles. The Morgan fingerprint density at radius 2 is 0.800 bits per heavy atom. The van der Waals surface area contributed by atoms with Crippen molar-refractivity contribution < 1.29 is 20.1 Å². The maximum absolute atomic E-state index is 2.00. The second-order valence-electron chi connectivity index (χ2n) is 0. The summed E-state index contributed by atoms with van der Waals surface area (Å²) in [6.07, 6.45) is 0. The van der Waals surface area contributed by atoms with Crippen molar-refractivity contribution in [1.82, 2.24) is 0 Å². The van der Waals surface area contributed by atoms with Crippen LogP contribution in [0.2, 0.25) is 0 Å². The monoisotopic (exact) mass is 253 g/mol. The summed E-state index contributed by atoms with van der Waals surface area (Å²) in [6, 6.07) is 0. The maximum Gasteiger partial charge on any atom is 0 e. The fourth-order valence-electron chi connectivity index (χ4n) is 0. The Kier molecular flexibility index (Phi) is 1320. The SMILES string of the molecule is CC.[CH3-].[CH3-].[Ir]. The minimum atomic E-state index is 0. The third-order valence-electron chi connectivity index (χ3n) is 0. The predicted molar refractivity (Wildman–Crippen MR) is 24.2 cm³/mol. The van der Waals surface area contributed by atoms with Gasteiger partial charge in [-0.2, -0.15) is 0 Å². The average Bonchev–Trinajstić information content (AvgIpc) is 1.00. The summed E-state index contributed by atoms with van der Waals surface area (Å²) in [5.41, 5.74) is 0. The van der Waals surface area contributed by atoms with Gasteiger partial charge in [0.15, 0.2) is 0 Å². The molecule has 0 fully saturated rings. The molecule has 0 aromatic rings. The van der Waals surface area contributed by atoms with Gasteiger partial charge in [0.1, 0.15) is 0 Å². The van der Waals surface area contributed by atoms with Crippen LogP contribution in [-0.2, 0) is 20.1 Å². The van der Waals surface area contributed by atoms with Crippen LogP contribution in [0, 0.1) is 14.9 Å². The molecule has 0 N–H and O–H groups in total. The second kappa shape index (κ2) is 147. The first-order valence-corrected chi connectivity index (χ1v) is 1.00. The molecular formula is C4H12Ir-2. The van der Waals surface area contributed by atoms with Crippen molar-refractivity contribution in [2.75, 3.05) is 0 Å². The van der Waals surface area contributed by atoms with Gasteiger partial charge in [-0.15, -0.1) is 0 Å². The summed E-state index contributed by atoms with van der Waals surface area (Å²) in [5, 5.41) is 0. The molecule has 0 bridgehead atoms. The fraction of sp³-hybridized carbons (Fsp3) is 0.500. The molecule has 0 rings (SSSR count). The topological polar surface area (TPSA) is 0 Å². The van der Waals surface area contributed by atoms with Crippen molar-refractivity contribution >= 4 is 0 Å². The molecule has 0 aromatic heterocycles. The summed E-state index contributed by atoms with van der Waals surface area (Å²) >= 11 is 0. The first kappa shape index (κ1) is 44.9. The Hall–Kier alpha value is 0.649. The van der Waals surface area contributed by atoms with E-state index >= 15 is 0 Å². The molecule has 0 spiro atoms.